The van der Waals surface area contributed by atoms with Gasteiger partial charge in [0.2, 0.25) is 0 Å². The number of aromatic nitrogens is 2. The number of nitrogens with two attached hydrogens (primary N) is 1. The van der Waals surface area contributed by atoms with Crippen molar-refractivity contribution in [2.45, 2.75) is 6.42 Å². The van der Waals surface area contributed by atoms with Crippen molar-refractivity contribution in [1.29, 1.82) is 0 Å². The van der Waals surface area contributed by atoms with E-state index >= 15 is 0 Å². The van der Waals surface area contributed by atoms with Crippen LogP contribution in [0.4, 0.5) is 5.69 Å². The van der Waals surface area contributed by atoms with E-state index in [0.717, 1.165) is 5.56 Å². The van der Waals surface area contributed by atoms with Crippen molar-refractivity contribution in [3.05, 3.63) is 54.1 Å². The molecule has 0 fully saturated rings. The smallest absolute Gasteiger partial charge is 0.167 e. The van der Waals surface area contributed by atoms with Crippen LogP contribution in [0.5, 0.6) is 0 Å². The minimum absolute atomic E-state index is 0.0158. The predicted molar refractivity (Wildman–Crippen MR) is 60.9 cm³/mol. The van der Waals surface area contributed by atoms with Crippen LogP contribution in [-0.2, 0) is 6.42 Å². The second kappa shape index (κ2) is 4.53. The molecule has 0 aliphatic heterocycles. The summed E-state index contributed by atoms with van der Waals surface area (Å²) in [6.07, 6.45) is 6.69. The summed E-state index contributed by atoms with van der Waals surface area (Å²) in [6, 6.07) is 5.07. The number of nitrogen functional groups attached to an aromatic ring is 1. The fourth-order valence-corrected chi connectivity index (χ4v) is 1.40. The summed E-state index contributed by atoms with van der Waals surface area (Å²) in [5, 5.41) is 0. The van der Waals surface area contributed by atoms with Gasteiger partial charge in [0.1, 0.15) is 0 Å². The number of hydrogen-bond acceptors (Lipinski definition) is 4. The molecule has 80 valence electrons. The van der Waals surface area contributed by atoms with E-state index in [9.17, 15) is 4.79 Å². The minimum Gasteiger partial charge on any atom is -0.398 e. The number of nitrogens with zero attached hydrogens (tertiary/aromatic N) is 2. The Morgan fingerprint density at radius 2 is 1.81 bits per heavy atom. The Morgan fingerprint density at radius 3 is 2.50 bits per heavy atom. The number of ketones is 1. The molecule has 0 saturated carbocycles. The number of carbonyl (C=O) groups is 1. The van der Waals surface area contributed by atoms with E-state index < -0.39 is 0 Å². The first-order chi connectivity index (χ1) is 7.77. The Hall–Kier alpha value is -2.23. The Balaban J connectivity index is 2.18. The van der Waals surface area contributed by atoms with Crippen molar-refractivity contribution >= 4 is 11.5 Å². The maximum Gasteiger partial charge on any atom is 0.167 e. The van der Waals surface area contributed by atoms with Gasteiger partial charge < -0.3 is 5.73 Å². The van der Waals surface area contributed by atoms with Gasteiger partial charge in [-0.15, -0.1) is 0 Å². The van der Waals surface area contributed by atoms with Crippen molar-refractivity contribution in [3.63, 3.8) is 0 Å². The molecule has 0 unspecified atom stereocenters. The van der Waals surface area contributed by atoms with Gasteiger partial charge in [-0.05, 0) is 18.2 Å². The minimum atomic E-state index is 0.0158. The zero-order chi connectivity index (χ0) is 11.4. The molecule has 2 N–H and O–H groups in total. The largest absolute Gasteiger partial charge is 0.398 e. The fourth-order valence-electron chi connectivity index (χ4n) is 1.40. The van der Waals surface area contributed by atoms with Gasteiger partial charge in [0.15, 0.2) is 5.78 Å². The molecular formula is C12H11N3O. The number of hydrogen-bond donors (Lipinski definition) is 1. The van der Waals surface area contributed by atoms with Crippen molar-refractivity contribution in [3.8, 4) is 0 Å². The van der Waals surface area contributed by atoms with Gasteiger partial charge in [-0.1, -0.05) is 0 Å². The molecule has 2 heterocycles. The number of anilines is 1. The lowest BCUT2D eigenvalue weighted by Crippen LogP contribution is -2.06. The lowest BCUT2D eigenvalue weighted by atomic mass is 10.0. The van der Waals surface area contributed by atoms with Crippen LogP contribution in [-0.4, -0.2) is 15.8 Å². The molecule has 0 radical (unpaired) electrons. The van der Waals surface area contributed by atoms with Crippen molar-refractivity contribution in [1.82, 2.24) is 9.97 Å². The van der Waals surface area contributed by atoms with E-state index in [1.165, 1.54) is 0 Å². The first kappa shape index (κ1) is 10.3. The van der Waals surface area contributed by atoms with E-state index in [1.807, 2.05) is 0 Å². The summed E-state index contributed by atoms with van der Waals surface area (Å²) in [5.41, 5.74) is 7.73. The van der Waals surface area contributed by atoms with Crippen LogP contribution >= 0.6 is 0 Å². The summed E-state index contributed by atoms with van der Waals surface area (Å²) in [4.78, 5) is 19.7. The van der Waals surface area contributed by atoms with Crippen LogP contribution in [0.2, 0.25) is 0 Å². The second-order valence-corrected chi connectivity index (χ2v) is 3.41. The van der Waals surface area contributed by atoms with Gasteiger partial charge in [-0.3, -0.25) is 14.8 Å². The summed E-state index contributed by atoms with van der Waals surface area (Å²) in [5.74, 6) is 0.0158. The van der Waals surface area contributed by atoms with E-state index in [4.69, 9.17) is 5.73 Å². The maximum atomic E-state index is 11.9. The van der Waals surface area contributed by atoms with Crippen molar-refractivity contribution in [2.75, 3.05) is 5.73 Å². The quantitative estimate of drug-likeness (QED) is 0.784. The Morgan fingerprint density at radius 1 is 1.12 bits per heavy atom. The Kier molecular flexibility index (Phi) is 2.91. The second-order valence-electron chi connectivity index (χ2n) is 3.41. The zero-order valence-corrected chi connectivity index (χ0v) is 8.63. The molecule has 0 aliphatic carbocycles. The topological polar surface area (TPSA) is 68.9 Å². The van der Waals surface area contributed by atoms with Gasteiger partial charge >= 0.3 is 0 Å². The monoisotopic (exact) mass is 213 g/mol. The molecule has 2 aromatic heterocycles. The van der Waals surface area contributed by atoms with Crippen LogP contribution in [0.1, 0.15) is 15.9 Å². The molecule has 4 nitrogen and oxygen atoms in total. The fraction of sp³-hybridized carbons (Fsp3) is 0.0833. The summed E-state index contributed by atoms with van der Waals surface area (Å²) in [6.45, 7) is 0. The molecule has 0 aliphatic rings. The first-order valence-corrected chi connectivity index (χ1v) is 4.89. The summed E-state index contributed by atoms with van der Waals surface area (Å²) < 4.78 is 0. The van der Waals surface area contributed by atoms with Crippen molar-refractivity contribution < 1.29 is 4.79 Å². The maximum absolute atomic E-state index is 11.9. The predicted octanol–water partition coefficient (Wildman–Crippen LogP) is 1.48. The highest BCUT2D eigenvalue weighted by Crippen LogP contribution is 2.12. The molecule has 0 amide bonds. The van der Waals surface area contributed by atoms with Gasteiger partial charge in [-0.2, -0.15) is 0 Å². The highest BCUT2D eigenvalue weighted by Gasteiger charge is 2.08. The van der Waals surface area contributed by atoms with E-state index in [2.05, 4.69) is 9.97 Å². The lowest BCUT2D eigenvalue weighted by molar-refractivity contribution is 0.0993. The van der Waals surface area contributed by atoms with Crippen LogP contribution in [0.3, 0.4) is 0 Å². The average Bonchev–Trinajstić information content (AvgIpc) is 2.33. The highest BCUT2D eigenvalue weighted by atomic mass is 16.1. The number of rotatable bonds is 3. The van der Waals surface area contributed by atoms with Gasteiger partial charge in [-0.25, -0.2) is 0 Å². The Labute approximate surface area is 93.2 Å². The van der Waals surface area contributed by atoms with Crippen LogP contribution < -0.4 is 5.73 Å². The molecule has 4 heteroatoms. The molecule has 2 rings (SSSR count). The first-order valence-electron chi connectivity index (χ1n) is 4.89. The third-order valence-corrected chi connectivity index (χ3v) is 2.29. The van der Waals surface area contributed by atoms with Gasteiger partial charge in [0.05, 0.1) is 0 Å². The Bertz CT molecular complexity index is 497. The highest BCUT2D eigenvalue weighted by molar-refractivity contribution is 5.97. The normalized spacial score (nSPS) is 10.0. The van der Waals surface area contributed by atoms with Crippen molar-refractivity contribution in [2.24, 2.45) is 0 Å². The van der Waals surface area contributed by atoms with E-state index in [1.54, 1.807) is 43.0 Å². The molecule has 0 spiro atoms. The summed E-state index contributed by atoms with van der Waals surface area (Å²) in [7, 11) is 0. The van der Waals surface area contributed by atoms with E-state index in [-0.39, 0.29) is 12.2 Å². The van der Waals surface area contributed by atoms with E-state index in [0.29, 0.717) is 11.3 Å². The average molecular weight is 213 g/mol. The van der Waals surface area contributed by atoms with Gasteiger partial charge in [0.25, 0.3) is 0 Å². The third kappa shape index (κ3) is 2.23. The molecule has 0 saturated heterocycles. The lowest BCUT2D eigenvalue weighted by Gasteiger charge is -2.03. The molecular weight excluding hydrogens is 202 g/mol. The van der Waals surface area contributed by atoms with Crippen LogP contribution in [0, 0.1) is 0 Å². The van der Waals surface area contributed by atoms with Gasteiger partial charge in [0, 0.05) is 48.0 Å². The summed E-state index contributed by atoms with van der Waals surface area (Å²) >= 11 is 0. The number of carbonyl (C=O) groups excluding carboxylic acids is 1. The molecule has 2 aromatic rings. The van der Waals surface area contributed by atoms with Crippen LogP contribution in [0.15, 0.2) is 43.0 Å². The third-order valence-electron chi connectivity index (χ3n) is 2.29. The molecule has 16 heavy (non-hydrogen) atoms. The number of Topliss-reactive ketones (excluding diaryl/α,β-unsaturated/α-hetero) is 1. The SMILES string of the molecule is Nc1ccncc1CC(=O)c1ccncc1. The van der Waals surface area contributed by atoms with Crippen LogP contribution in [0.25, 0.3) is 0 Å². The number of pyridine rings is 2. The molecule has 0 atom stereocenters. The molecule has 0 bridgehead atoms. The zero-order valence-electron chi connectivity index (χ0n) is 8.63. The molecule has 0 aromatic carbocycles. The standard InChI is InChI=1S/C12H11N3O/c13-11-3-6-15-8-10(11)7-12(16)9-1-4-14-5-2-9/h1-6,8H,7H2,(H2,13,15).